The van der Waals surface area contributed by atoms with E-state index in [0.717, 1.165) is 12.2 Å². The second-order valence-corrected chi connectivity index (χ2v) is 4.43. The van der Waals surface area contributed by atoms with Crippen LogP contribution in [0.4, 0.5) is 11.4 Å². The summed E-state index contributed by atoms with van der Waals surface area (Å²) in [6, 6.07) is 5.69. The van der Waals surface area contributed by atoms with Crippen molar-refractivity contribution >= 4 is 17.3 Å². The summed E-state index contributed by atoms with van der Waals surface area (Å²) in [5.41, 5.74) is 1.69. The maximum Gasteiger partial charge on any atom is 0.265 e. The number of aliphatic hydroxyl groups excluding tert-OH is 1. The minimum absolute atomic E-state index is 0.127. The van der Waals surface area contributed by atoms with Gasteiger partial charge in [0, 0.05) is 25.9 Å². The quantitative estimate of drug-likeness (QED) is 0.843. The van der Waals surface area contributed by atoms with E-state index >= 15 is 0 Å². The van der Waals surface area contributed by atoms with Crippen LogP contribution in [0.2, 0.25) is 0 Å². The Morgan fingerprint density at radius 3 is 3.00 bits per heavy atom. The summed E-state index contributed by atoms with van der Waals surface area (Å²) >= 11 is 0. The molecule has 5 nitrogen and oxygen atoms in total. The van der Waals surface area contributed by atoms with Gasteiger partial charge in [-0.1, -0.05) is 0 Å². The molecule has 0 aliphatic carbocycles. The number of anilines is 2. The summed E-state index contributed by atoms with van der Waals surface area (Å²) in [6.07, 6.45) is 0.267. The van der Waals surface area contributed by atoms with Crippen LogP contribution in [-0.4, -0.2) is 37.3 Å². The summed E-state index contributed by atoms with van der Waals surface area (Å²) in [4.78, 5) is 13.6. The van der Waals surface area contributed by atoms with Gasteiger partial charge >= 0.3 is 0 Å². The minimum Gasteiger partial charge on any atom is -0.479 e. The van der Waals surface area contributed by atoms with Crippen LogP contribution < -0.4 is 15.0 Å². The second-order valence-electron chi connectivity index (χ2n) is 4.43. The normalized spacial score (nSPS) is 17.7. The van der Waals surface area contributed by atoms with E-state index in [1.807, 2.05) is 30.1 Å². The molecule has 1 amide bonds. The van der Waals surface area contributed by atoms with Gasteiger partial charge in [0.25, 0.3) is 5.91 Å². The van der Waals surface area contributed by atoms with Gasteiger partial charge in [0.15, 0.2) is 6.10 Å². The Kier molecular flexibility index (Phi) is 3.72. The van der Waals surface area contributed by atoms with Gasteiger partial charge in [-0.3, -0.25) is 4.79 Å². The Morgan fingerprint density at radius 1 is 1.50 bits per heavy atom. The van der Waals surface area contributed by atoms with Crippen LogP contribution in [-0.2, 0) is 4.79 Å². The lowest BCUT2D eigenvalue weighted by molar-refractivity contribution is -0.122. The third-order valence-corrected chi connectivity index (χ3v) is 2.99. The maximum absolute atomic E-state index is 11.5. The molecule has 0 spiro atoms. The first kappa shape index (κ1) is 12.7. The average Bonchev–Trinajstić information content (AvgIpc) is 2.36. The minimum atomic E-state index is -0.449. The summed E-state index contributed by atoms with van der Waals surface area (Å²) in [5.74, 6) is 0.569. The zero-order valence-electron chi connectivity index (χ0n) is 10.6. The van der Waals surface area contributed by atoms with Gasteiger partial charge < -0.3 is 20.1 Å². The number of hydrogen-bond acceptors (Lipinski definition) is 4. The number of hydrogen-bond donors (Lipinski definition) is 2. The standard InChI is InChI=1S/C13H18N2O3/c1-9-13(17)14-11-8-10(4-5-12(11)18-9)15(2)6-3-7-16/h4-5,8-9,16H,3,6-7H2,1-2H3,(H,14,17). The highest BCUT2D eigenvalue weighted by Gasteiger charge is 2.23. The fraction of sp³-hybridized carbons (Fsp3) is 0.462. The van der Waals surface area contributed by atoms with Crippen molar-refractivity contribution in [3.05, 3.63) is 18.2 Å². The molecule has 0 radical (unpaired) electrons. The van der Waals surface area contributed by atoms with Crippen molar-refractivity contribution in [2.75, 3.05) is 30.4 Å². The van der Waals surface area contributed by atoms with Crippen molar-refractivity contribution in [1.29, 1.82) is 0 Å². The molecule has 1 unspecified atom stereocenters. The summed E-state index contributed by atoms with van der Waals surface area (Å²) in [5, 5.41) is 11.6. The van der Waals surface area contributed by atoms with Crippen LogP contribution in [0.3, 0.4) is 0 Å². The van der Waals surface area contributed by atoms with Crippen molar-refractivity contribution in [3.8, 4) is 5.75 Å². The van der Waals surface area contributed by atoms with Crippen molar-refractivity contribution in [3.63, 3.8) is 0 Å². The van der Waals surface area contributed by atoms with E-state index in [2.05, 4.69) is 5.32 Å². The Morgan fingerprint density at radius 2 is 2.28 bits per heavy atom. The van der Waals surface area contributed by atoms with Crippen molar-refractivity contribution < 1.29 is 14.6 Å². The molecule has 1 atom stereocenters. The van der Waals surface area contributed by atoms with Gasteiger partial charge in [0.1, 0.15) is 5.75 Å². The Labute approximate surface area is 106 Å². The topological polar surface area (TPSA) is 61.8 Å². The monoisotopic (exact) mass is 250 g/mol. The molecule has 0 saturated heterocycles. The summed E-state index contributed by atoms with van der Waals surface area (Å²) in [7, 11) is 1.95. The summed E-state index contributed by atoms with van der Waals surface area (Å²) < 4.78 is 5.49. The van der Waals surface area contributed by atoms with Crippen LogP contribution in [0.5, 0.6) is 5.75 Å². The smallest absolute Gasteiger partial charge is 0.265 e. The van der Waals surface area contributed by atoms with E-state index in [1.54, 1.807) is 6.92 Å². The van der Waals surface area contributed by atoms with Crippen LogP contribution >= 0.6 is 0 Å². The van der Waals surface area contributed by atoms with Gasteiger partial charge in [0.2, 0.25) is 0 Å². The molecule has 1 aromatic carbocycles. The highest BCUT2D eigenvalue weighted by molar-refractivity contribution is 5.98. The van der Waals surface area contributed by atoms with E-state index in [0.29, 0.717) is 17.9 Å². The van der Waals surface area contributed by atoms with Gasteiger partial charge in [-0.25, -0.2) is 0 Å². The van der Waals surface area contributed by atoms with E-state index in [1.165, 1.54) is 0 Å². The van der Waals surface area contributed by atoms with Gasteiger partial charge in [-0.05, 0) is 31.5 Å². The van der Waals surface area contributed by atoms with E-state index in [9.17, 15) is 4.79 Å². The van der Waals surface area contributed by atoms with E-state index < -0.39 is 6.10 Å². The van der Waals surface area contributed by atoms with Gasteiger partial charge in [-0.15, -0.1) is 0 Å². The molecule has 2 N–H and O–H groups in total. The molecular weight excluding hydrogens is 232 g/mol. The van der Waals surface area contributed by atoms with Gasteiger partial charge in [0.05, 0.1) is 5.69 Å². The number of nitrogens with one attached hydrogen (secondary N) is 1. The number of fused-ring (bicyclic) bond motifs is 1. The lowest BCUT2D eigenvalue weighted by Gasteiger charge is -2.26. The Hall–Kier alpha value is -1.75. The first-order valence-electron chi connectivity index (χ1n) is 6.05. The number of nitrogens with zero attached hydrogens (tertiary/aromatic N) is 1. The predicted octanol–water partition coefficient (Wildman–Crippen LogP) is 1.22. The molecule has 2 rings (SSSR count). The Balaban J connectivity index is 2.17. The molecular formula is C13H18N2O3. The summed E-state index contributed by atoms with van der Waals surface area (Å²) in [6.45, 7) is 2.66. The fourth-order valence-electron chi connectivity index (χ4n) is 1.87. The van der Waals surface area contributed by atoms with E-state index in [-0.39, 0.29) is 12.5 Å². The number of rotatable bonds is 4. The molecule has 0 aromatic heterocycles. The molecule has 98 valence electrons. The highest BCUT2D eigenvalue weighted by atomic mass is 16.5. The molecule has 0 saturated carbocycles. The lowest BCUT2D eigenvalue weighted by atomic mass is 10.2. The molecule has 18 heavy (non-hydrogen) atoms. The largest absolute Gasteiger partial charge is 0.479 e. The SMILES string of the molecule is CC1Oc2ccc(N(C)CCCO)cc2NC1=O. The molecule has 1 aliphatic rings. The first-order chi connectivity index (χ1) is 8.61. The van der Waals surface area contributed by atoms with Gasteiger partial charge in [-0.2, -0.15) is 0 Å². The zero-order valence-corrected chi connectivity index (χ0v) is 10.6. The number of amides is 1. The van der Waals surface area contributed by atoms with Crippen molar-refractivity contribution in [1.82, 2.24) is 0 Å². The van der Waals surface area contributed by atoms with Crippen LogP contribution in [0.25, 0.3) is 0 Å². The number of benzene rings is 1. The van der Waals surface area contributed by atoms with Crippen LogP contribution in [0.1, 0.15) is 13.3 Å². The Bertz CT molecular complexity index is 448. The molecule has 1 heterocycles. The zero-order chi connectivity index (χ0) is 13.1. The fourth-order valence-corrected chi connectivity index (χ4v) is 1.87. The van der Waals surface area contributed by atoms with Crippen molar-refractivity contribution in [2.45, 2.75) is 19.4 Å². The lowest BCUT2D eigenvalue weighted by Crippen LogP contribution is -2.34. The van der Waals surface area contributed by atoms with Crippen LogP contribution in [0, 0.1) is 0 Å². The highest BCUT2D eigenvalue weighted by Crippen LogP contribution is 2.33. The first-order valence-corrected chi connectivity index (χ1v) is 6.05. The molecule has 5 heteroatoms. The average molecular weight is 250 g/mol. The third kappa shape index (κ3) is 2.56. The second kappa shape index (κ2) is 5.27. The number of aliphatic hydroxyl groups is 1. The number of carbonyl (C=O) groups is 1. The molecule has 1 aromatic rings. The molecule has 0 bridgehead atoms. The molecule has 0 fully saturated rings. The van der Waals surface area contributed by atoms with E-state index in [4.69, 9.17) is 9.84 Å². The van der Waals surface area contributed by atoms with Crippen LogP contribution in [0.15, 0.2) is 18.2 Å². The number of carbonyl (C=O) groups excluding carboxylic acids is 1. The molecule has 1 aliphatic heterocycles. The maximum atomic E-state index is 11.5. The predicted molar refractivity (Wildman–Crippen MR) is 70.1 cm³/mol. The number of ether oxygens (including phenoxy) is 1. The third-order valence-electron chi connectivity index (χ3n) is 2.99. The van der Waals surface area contributed by atoms with Crippen molar-refractivity contribution in [2.24, 2.45) is 0 Å².